The number of carboxylic acids is 1. The van der Waals surface area contributed by atoms with E-state index in [0.29, 0.717) is 49.7 Å². The Bertz CT molecular complexity index is 1280. The monoisotopic (exact) mass is 522 g/mol. The van der Waals surface area contributed by atoms with Crippen LogP contribution in [-0.4, -0.2) is 46.6 Å². The Labute approximate surface area is 220 Å². The van der Waals surface area contributed by atoms with Crippen LogP contribution in [0, 0.1) is 0 Å². The summed E-state index contributed by atoms with van der Waals surface area (Å²) in [4.78, 5) is 49.1. The molecule has 9 nitrogen and oxygen atoms in total. The molecule has 0 bridgehead atoms. The number of aromatic hydroxyl groups is 1. The molecule has 38 heavy (non-hydrogen) atoms. The van der Waals surface area contributed by atoms with E-state index >= 15 is 0 Å². The van der Waals surface area contributed by atoms with Gasteiger partial charge in [0, 0.05) is 29.9 Å². The molecule has 4 rings (SSSR count). The molecule has 2 aliphatic rings. The van der Waals surface area contributed by atoms with Gasteiger partial charge in [0.05, 0.1) is 12.5 Å². The van der Waals surface area contributed by atoms with Crippen LogP contribution < -0.4 is 9.47 Å². The molecule has 2 N–H and O–H groups in total. The molecule has 0 amide bonds. The molecule has 2 unspecified atom stereocenters. The maximum atomic E-state index is 13.3. The average Bonchev–Trinajstić information content (AvgIpc) is 2.86. The Morgan fingerprint density at radius 1 is 1.13 bits per heavy atom. The Kier molecular flexibility index (Phi) is 8.45. The fraction of sp³-hybridized carbons (Fsp3) is 0.379. The third kappa shape index (κ3) is 6.22. The van der Waals surface area contributed by atoms with Gasteiger partial charge in [0.15, 0.2) is 6.61 Å². The Morgan fingerprint density at radius 2 is 1.89 bits per heavy atom. The number of phenolic OH excluding ortho intramolecular Hbond substituents is 1. The largest absolute Gasteiger partial charge is 0.507 e. The number of para-hydroxylation sites is 1. The maximum Gasteiger partial charge on any atom is 0.342 e. The topological polar surface area (TPSA) is 136 Å². The number of fused-ring (bicyclic) bond motifs is 2. The zero-order valence-electron chi connectivity index (χ0n) is 21.1. The highest BCUT2D eigenvalue weighted by Gasteiger charge is 2.36. The van der Waals surface area contributed by atoms with E-state index in [1.165, 1.54) is 6.07 Å². The Balaban J connectivity index is 1.81. The predicted octanol–water partition coefficient (Wildman–Crippen LogP) is 4.78. The third-order valence-electron chi connectivity index (χ3n) is 6.62. The van der Waals surface area contributed by atoms with E-state index < -0.39 is 36.5 Å². The summed E-state index contributed by atoms with van der Waals surface area (Å²) in [5.41, 5.74) is 0.974. The van der Waals surface area contributed by atoms with Crippen LogP contribution in [0.15, 0.2) is 36.4 Å². The molecule has 2 atom stereocenters. The number of carbonyl (C=O) groups excluding carboxylic acids is 3. The van der Waals surface area contributed by atoms with Crippen molar-refractivity contribution in [1.29, 1.82) is 0 Å². The Morgan fingerprint density at radius 3 is 2.68 bits per heavy atom. The number of ketones is 1. The smallest absolute Gasteiger partial charge is 0.342 e. The van der Waals surface area contributed by atoms with Gasteiger partial charge in [-0.3, -0.25) is 9.59 Å². The number of aliphatic carboxylic acids is 1. The molecule has 0 radical (unpaired) electrons. The van der Waals surface area contributed by atoms with Crippen LogP contribution in [0.25, 0.3) is 6.08 Å². The highest BCUT2D eigenvalue weighted by Crippen LogP contribution is 2.48. The number of hydrogen-bond donors (Lipinski definition) is 2. The number of ether oxygens (including phenoxy) is 3. The van der Waals surface area contributed by atoms with Gasteiger partial charge in [-0.25, -0.2) is 9.59 Å². The minimum atomic E-state index is -1.16. The van der Waals surface area contributed by atoms with Gasteiger partial charge in [-0.05, 0) is 50.3 Å². The van der Waals surface area contributed by atoms with Crippen LogP contribution in [0.5, 0.6) is 17.2 Å². The van der Waals surface area contributed by atoms with Crippen molar-refractivity contribution < 1.29 is 43.6 Å². The number of esters is 2. The summed E-state index contributed by atoms with van der Waals surface area (Å²) in [5, 5.41) is 20.6. The van der Waals surface area contributed by atoms with Crippen molar-refractivity contribution in [3.8, 4) is 17.2 Å². The molecule has 0 saturated heterocycles. The molecule has 0 aromatic heterocycles. The van der Waals surface area contributed by atoms with Crippen LogP contribution in [0.1, 0.15) is 84.8 Å². The highest BCUT2D eigenvalue weighted by atomic mass is 16.5. The highest BCUT2D eigenvalue weighted by molar-refractivity contribution is 5.98. The van der Waals surface area contributed by atoms with Gasteiger partial charge in [-0.1, -0.05) is 30.4 Å². The normalized spacial score (nSPS) is 21.2. The lowest BCUT2D eigenvalue weighted by molar-refractivity contribution is -0.139. The molecule has 0 spiro atoms. The summed E-state index contributed by atoms with van der Waals surface area (Å²) in [7, 11) is 0. The second kappa shape index (κ2) is 11.9. The number of allylic oxidation sites excluding steroid dienone is 1. The summed E-state index contributed by atoms with van der Waals surface area (Å²) < 4.78 is 16.6. The van der Waals surface area contributed by atoms with Crippen molar-refractivity contribution in [1.82, 2.24) is 0 Å². The molecular weight excluding hydrogens is 492 g/mol. The quantitative estimate of drug-likeness (QED) is 0.429. The van der Waals surface area contributed by atoms with Gasteiger partial charge in [-0.15, -0.1) is 0 Å². The zero-order valence-corrected chi connectivity index (χ0v) is 21.1. The fourth-order valence-electron chi connectivity index (χ4n) is 4.82. The molecular formula is C29H30O9. The fourth-order valence-corrected chi connectivity index (χ4v) is 4.82. The van der Waals surface area contributed by atoms with Gasteiger partial charge in [0.25, 0.3) is 0 Å². The second-order valence-electron chi connectivity index (χ2n) is 9.49. The third-order valence-corrected chi connectivity index (χ3v) is 6.62. The molecule has 200 valence electrons. The number of benzene rings is 2. The summed E-state index contributed by atoms with van der Waals surface area (Å²) in [5.74, 6) is -3.05. The lowest BCUT2D eigenvalue weighted by Gasteiger charge is -2.28. The van der Waals surface area contributed by atoms with Crippen molar-refractivity contribution in [2.75, 3.05) is 6.61 Å². The van der Waals surface area contributed by atoms with Gasteiger partial charge >= 0.3 is 17.9 Å². The van der Waals surface area contributed by atoms with Crippen molar-refractivity contribution in [3.63, 3.8) is 0 Å². The first-order valence-electron chi connectivity index (χ1n) is 12.7. The van der Waals surface area contributed by atoms with Crippen molar-refractivity contribution in [2.24, 2.45) is 0 Å². The standard InChI is InChI=1S/C29H30O9/c1-17-8-7-11-19(30)10-4-2-3-9-18-14-23-27(28(34)26(18)29(35)37-17)21(15-25(33)38-23)20-12-5-6-13-22(20)36-16-24(31)32/h3,5-6,9,12-14,17,21,34H,2,4,7-8,10-11,15-16H2,1H3,(H,31,32)/b9-3+. The van der Waals surface area contributed by atoms with Gasteiger partial charge in [0.1, 0.15) is 28.6 Å². The summed E-state index contributed by atoms with van der Waals surface area (Å²) in [6.07, 6.45) is 6.06. The lowest BCUT2D eigenvalue weighted by atomic mass is 9.83. The van der Waals surface area contributed by atoms with Crippen LogP contribution in [0.4, 0.5) is 0 Å². The van der Waals surface area contributed by atoms with Gasteiger partial charge < -0.3 is 24.4 Å². The number of phenols is 1. The van der Waals surface area contributed by atoms with Crippen LogP contribution in [-0.2, 0) is 19.1 Å². The predicted molar refractivity (Wildman–Crippen MR) is 136 cm³/mol. The molecule has 2 aromatic rings. The summed E-state index contributed by atoms with van der Waals surface area (Å²) in [6, 6.07) is 8.16. The summed E-state index contributed by atoms with van der Waals surface area (Å²) >= 11 is 0. The zero-order chi connectivity index (χ0) is 27.2. The van der Waals surface area contributed by atoms with E-state index in [1.807, 2.05) is 0 Å². The van der Waals surface area contributed by atoms with Crippen molar-refractivity contribution in [2.45, 2.75) is 63.9 Å². The van der Waals surface area contributed by atoms with E-state index in [0.717, 1.165) is 0 Å². The number of carbonyl (C=O) groups is 4. The minimum Gasteiger partial charge on any atom is -0.507 e. The SMILES string of the molecule is CC1CCCC(=O)CCC/C=C/c2cc3c(c(O)c2C(=O)O1)C(c1ccccc1OCC(=O)O)CC(=O)O3. The van der Waals surface area contributed by atoms with Gasteiger partial charge in [0.2, 0.25) is 0 Å². The second-order valence-corrected chi connectivity index (χ2v) is 9.49. The van der Waals surface area contributed by atoms with E-state index in [9.17, 15) is 24.3 Å². The first-order chi connectivity index (χ1) is 18.2. The molecule has 2 aliphatic heterocycles. The molecule has 2 heterocycles. The lowest BCUT2D eigenvalue weighted by Crippen LogP contribution is -2.24. The maximum absolute atomic E-state index is 13.3. The number of rotatable bonds is 4. The van der Waals surface area contributed by atoms with Crippen LogP contribution in [0.3, 0.4) is 0 Å². The number of Topliss-reactive ketones (excluding diaryl/α,β-unsaturated/α-hetero) is 1. The van der Waals surface area contributed by atoms with Crippen molar-refractivity contribution >= 4 is 29.8 Å². The molecule has 0 aliphatic carbocycles. The van der Waals surface area contributed by atoms with Crippen LogP contribution in [0.2, 0.25) is 0 Å². The van der Waals surface area contributed by atoms with E-state index in [4.69, 9.17) is 19.3 Å². The first-order valence-corrected chi connectivity index (χ1v) is 12.7. The molecule has 9 heteroatoms. The van der Waals surface area contributed by atoms with E-state index in [-0.39, 0.29) is 40.6 Å². The molecule has 0 saturated carbocycles. The van der Waals surface area contributed by atoms with Crippen LogP contribution >= 0.6 is 0 Å². The van der Waals surface area contributed by atoms with Crippen molar-refractivity contribution in [3.05, 3.63) is 58.7 Å². The van der Waals surface area contributed by atoms with Gasteiger partial charge in [-0.2, -0.15) is 0 Å². The number of hydrogen-bond acceptors (Lipinski definition) is 8. The first kappa shape index (κ1) is 26.9. The summed E-state index contributed by atoms with van der Waals surface area (Å²) in [6.45, 7) is 1.15. The van der Waals surface area contributed by atoms with E-state index in [1.54, 1.807) is 43.3 Å². The Hall–Kier alpha value is -4.14. The average molecular weight is 523 g/mol. The molecule has 2 aromatic carbocycles. The van der Waals surface area contributed by atoms with E-state index in [2.05, 4.69) is 0 Å². The molecule has 0 fully saturated rings. The number of cyclic esters (lactones) is 1. The minimum absolute atomic E-state index is 0.0492. The number of carboxylic acid groups (broad SMARTS) is 1.